The third-order valence-corrected chi connectivity index (χ3v) is 5.19. The third kappa shape index (κ3) is 3.53. The standard InChI is InChI=1S/C17H21N3OS/c1-20-10-8-19-17(20)22-11-9-18-16(21)15-7-6-13-4-2-3-5-14(13)12-15/h2-5,8,10,15H,6-7,9,11-12H2,1H3,(H,18,21)/t15-/m1/s1. The SMILES string of the molecule is Cn1ccnc1SCCNC(=O)[C@@H]1CCc2ccccc2C1. The molecule has 1 aliphatic carbocycles. The fourth-order valence-corrected chi connectivity index (χ4v) is 3.66. The first-order valence-corrected chi connectivity index (χ1v) is 8.67. The fourth-order valence-electron chi connectivity index (χ4n) is 2.87. The number of hydrogen-bond acceptors (Lipinski definition) is 3. The highest BCUT2D eigenvalue weighted by Gasteiger charge is 2.23. The van der Waals surface area contributed by atoms with E-state index in [1.165, 1.54) is 11.1 Å². The number of nitrogens with zero attached hydrogens (tertiary/aromatic N) is 2. The van der Waals surface area contributed by atoms with Crippen LogP contribution in [0.1, 0.15) is 17.5 Å². The monoisotopic (exact) mass is 315 g/mol. The molecule has 2 aromatic rings. The molecule has 4 nitrogen and oxygen atoms in total. The van der Waals surface area contributed by atoms with Gasteiger partial charge in [0.1, 0.15) is 0 Å². The average Bonchev–Trinajstić information content (AvgIpc) is 2.96. The first-order chi connectivity index (χ1) is 10.7. The van der Waals surface area contributed by atoms with Crippen molar-refractivity contribution in [3.05, 3.63) is 47.8 Å². The van der Waals surface area contributed by atoms with Crippen molar-refractivity contribution in [1.29, 1.82) is 0 Å². The number of aromatic nitrogens is 2. The van der Waals surface area contributed by atoms with E-state index in [1.54, 1.807) is 18.0 Å². The van der Waals surface area contributed by atoms with Crippen LogP contribution in [-0.2, 0) is 24.7 Å². The lowest BCUT2D eigenvalue weighted by atomic mass is 9.83. The minimum atomic E-state index is 0.119. The fraction of sp³-hybridized carbons (Fsp3) is 0.412. The Balaban J connectivity index is 1.44. The van der Waals surface area contributed by atoms with E-state index in [9.17, 15) is 4.79 Å². The molecule has 0 fully saturated rings. The molecule has 1 amide bonds. The van der Waals surface area contributed by atoms with Crippen LogP contribution in [0.25, 0.3) is 0 Å². The van der Waals surface area contributed by atoms with E-state index in [1.807, 2.05) is 17.8 Å². The van der Waals surface area contributed by atoms with E-state index in [2.05, 4.69) is 34.6 Å². The van der Waals surface area contributed by atoms with E-state index in [4.69, 9.17) is 0 Å². The van der Waals surface area contributed by atoms with Crippen molar-refractivity contribution in [2.45, 2.75) is 24.4 Å². The zero-order valence-electron chi connectivity index (χ0n) is 12.8. The van der Waals surface area contributed by atoms with Crippen molar-refractivity contribution in [3.63, 3.8) is 0 Å². The summed E-state index contributed by atoms with van der Waals surface area (Å²) in [6, 6.07) is 8.45. The van der Waals surface area contributed by atoms with E-state index in [-0.39, 0.29) is 11.8 Å². The Kier molecular flexibility index (Phi) is 4.83. The van der Waals surface area contributed by atoms with Gasteiger partial charge in [-0.3, -0.25) is 4.79 Å². The van der Waals surface area contributed by atoms with Crippen LogP contribution >= 0.6 is 11.8 Å². The Morgan fingerprint density at radius 1 is 1.41 bits per heavy atom. The number of amides is 1. The highest BCUT2D eigenvalue weighted by molar-refractivity contribution is 7.99. The lowest BCUT2D eigenvalue weighted by Crippen LogP contribution is -2.35. The largest absolute Gasteiger partial charge is 0.355 e. The van der Waals surface area contributed by atoms with Gasteiger partial charge in [-0.25, -0.2) is 4.98 Å². The van der Waals surface area contributed by atoms with E-state index >= 15 is 0 Å². The second kappa shape index (κ2) is 7.01. The van der Waals surface area contributed by atoms with Crippen molar-refractivity contribution in [2.24, 2.45) is 13.0 Å². The molecule has 1 aromatic carbocycles. The van der Waals surface area contributed by atoms with E-state index < -0.39 is 0 Å². The Morgan fingerprint density at radius 3 is 3.00 bits per heavy atom. The third-order valence-electron chi connectivity index (χ3n) is 4.13. The van der Waals surface area contributed by atoms with Gasteiger partial charge in [-0.15, -0.1) is 0 Å². The molecule has 0 aliphatic heterocycles. The lowest BCUT2D eigenvalue weighted by molar-refractivity contribution is -0.125. The molecule has 0 saturated heterocycles. The smallest absolute Gasteiger partial charge is 0.223 e. The van der Waals surface area contributed by atoms with Crippen molar-refractivity contribution in [2.75, 3.05) is 12.3 Å². The van der Waals surface area contributed by atoms with Crippen LogP contribution in [0.15, 0.2) is 41.8 Å². The maximum atomic E-state index is 12.3. The minimum absolute atomic E-state index is 0.119. The first kappa shape index (κ1) is 15.2. The molecular formula is C17H21N3OS. The Bertz CT molecular complexity index is 653. The average molecular weight is 315 g/mol. The summed E-state index contributed by atoms with van der Waals surface area (Å²) in [5.74, 6) is 1.16. The molecular weight excluding hydrogens is 294 g/mol. The summed E-state index contributed by atoms with van der Waals surface area (Å²) in [4.78, 5) is 16.6. The lowest BCUT2D eigenvalue weighted by Gasteiger charge is -2.23. The topological polar surface area (TPSA) is 46.9 Å². The summed E-state index contributed by atoms with van der Waals surface area (Å²) in [5, 5.41) is 4.06. The van der Waals surface area contributed by atoms with Gasteiger partial charge in [-0.2, -0.15) is 0 Å². The molecule has 1 aromatic heterocycles. The van der Waals surface area contributed by atoms with Gasteiger partial charge >= 0.3 is 0 Å². The van der Waals surface area contributed by atoms with Gasteiger partial charge < -0.3 is 9.88 Å². The number of benzene rings is 1. The summed E-state index contributed by atoms with van der Waals surface area (Å²) in [6.07, 6.45) is 6.56. The summed E-state index contributed by atoms with van der Waals surface area (Å²) in [7, 11) is 1.98. The van der Waals surface area contributed by atoms with Gasteiger partial charge in [-0.1, -0.05) is 36.0 Å². The zero-order chi connectivity index (χ0) is 15.4. The number of hydrogen-bond donors (Lipinski definition) is 1. The van der Waals surface area contributed by atoms with E-state index in [0.717, 1.165) is 30.2 Å². The van der Waals surface area contributed by atoms with E-state index in [0.29, 0.717) is 6.54 Å². The quantitative estimate of drug-likeness (QED) is 0.681. The minimum Gasteiger partial charge on any atom is -0.355 e. The molecule has 0 radical (unpaired) electrons. The molecule has 1 heterocycles. The molecule has 0 unspecified atom stereocenters. The zero-order valence-corrected chi connectivity index (χ0v) is 13.6. The second-order valence-electron chi connectivity index (χ2n) is 5.67. The van der Waals surface area contributed by atoms with Crippen LogP contribution in [0.5, 0.6) is 0 Å². The molecule has 5 heteroatoms. The number of carbonyl (C=O) groups is 1. The number of rotatable bonds is 5. The van der Waals surface area contributed by atoms with Crippen molar-refractivity contribution in [1.82, 2.24) is 14.9 Å². The highest BCUT2D eigenvalue weighted by Crippen LogP contribution is 2.25. The van der Waals surface area contributed by atoms with Crippen LogP contribution in [-0.4, -0.2) is 27.8 Å². The molecule has 1 atom stereocenters. The van der Waals surface area contributed by atoms with Gasteiger partial charge in [0.05, 0.1) is 0 Å². The van der Waals surface area contributed by atoms with Gasteiger partial charge in [0, 0.05) is 37.7 Å². The molecule has 0 saturated carbocycles. The molecule has 116 valence electrons. The van der Waals surface area contributed by atoms with Gasteiger partial charge in [-0.05, 0) is 30.4 Å². The van der Waals surface area contributed by atoms with Crippen LogP contribution < -0.4 is 5.32 Å². The molecule has 3 rings (SSSR count). The highest BCUT2D eigenvalue weighted by atomic mass is 32.2. The van der Waals surface area contributed by atoms with Gasteiger partial charge in [0.2, 0.25) is 5.91 Å². The number of fused-ring (bicyclic) bond motifs is 1. The second-order valence-corrected chi connectivity index (χ2v) is 6.73. The molecule has 1 N–H and O–H groups in total. The molecule has 0 bridgehead atoms. The summed E-state index contributed by atoms with van der Waals surface area (Å²) in [6.45, 7) is 0.689. The Labute approximate surface area is 135 Å². The molecule has 0 spiro atoms. The number of imidazole rings is 1. The van der Waals surface area contributed by atoms with Crippen LogP contribution in [0, 0.1) is 5.92 Å². The van der Waals surface area contributed by atoms with Gasteiger partial charge in [0.15, 0.2) is 5.16 Å². The summed E-state index contributed by atoms with van der Waals surface area (Å²) >= 11 is 1.67. The van der Waals surface area contributed by atoms with Crippen LogP contribution in [0.3, 0.4) is 0 Å². The first-order valence-electron chi connectivity index (χ1n) is 7.68. The summed E-state index contributed by atoms with van der Waals surface area (Å²) in [5.41, 5.74) is 2.73. The number of carbonyl (C=O) groups excluding carboxylic acids is 1. The number of nitrogens with one attached hydrogen (secondary N) is 1. The Hall–Kier alpha value is -1.75. The molecule has 1 aliphatic rings. The Morgan fingerprint density at radius 2 is 2.23 bits per heavy atom. The van der Waals surface area contributed by atoms with Gasteiger partial charge in [0.25, 0.3) is 0 Å². The predicted molar refractivity (Wildman–Crippen MR) is 88.9 cm³/mol. The van der Waals surface area contributed by atoms with Crippen LogP contribution in [0.4, 0.5) is 0 Å². The number of thioether (sulfide) groups is 1. The maximum absolute atomic E-state index is 12.3. The van der Waals surface area contributed by atoms with Crippen LogP contribution in [0.2, 0.25) is 0 Å². The van der Waals surface area contributed by atoms with Crippen molar-refractivity contribution < 1.29 is 4.79 Å². The predicted octanol–water partition coefficient (Wildman–Crippen LogP) is 2.43. The summed E-state index contributed by atoms with van der Waals surface area (Å²) < 4.78 is 1.99. The van der Waals surface area contributed by atoms with Crippen molar-refractivity contribution >= 4 is 17.7 Å². The molecule has 22 heavy (non-hydrogen) atoms. The normalized spacial score (nSPS) is 17.0. The van der Waals surface area contributed by atoms with Crippen molar-refractivity contribution in [3.8, 4) is 0 Å². The maximum Gasteiger partial charge on any atom is 0.223 e. The number of aryl methyl sites for hydroxylation is 2.